The van der Waals surface area contributed by atoms with Gasteiger partial charge in [-0.1, -0.05) is 18.2 Å². The van der Waals surface area contributed by atoms with Gasteiger partial charge >= 0.3 is 6.36 Å². The molecular weight excluding hydrogens is 455 g/mol. The summed E-state index contributed by atoms with van der Waals surface area (Å²) in [5.74, 6) is 0.304. The van der Waals surface area contributed by atoms with Gasteiger partial charge in [-0.05, 0) is 18.2 Å². The van der Waals surface area contributed by atoms with Crippen LogP contribution in [-0.2, 0) is 11.3 Å². The number of benzene rings is 1. The number of hydrogen-bond acceptors (Lipinski definition) is 8. The van der Waals surface area contributed by atoms with Gasteiger partial charge in [-0.3, -0.25) is 9.69 Å². The quantitative estimate of drug-likeness (QED) is 0.555. The van der Waals surface area contributed by atoms with Crippen molar-refractivity contribution in [2.24, 2.45) is 0 Å². The smallest absolute Gasteiger partial charge is 0.459 e. The minimum absolute atomic E-state index is 0.0787. The highest BCUT2D eigenvalue weighted by Gasteiger charge is 2.32. The molecule has 1 aliphatic heterocycles. The predicted octanol–water partition coefficient (Wildman–Crippen LogP) is 3.14. The number of amides is 1. The van der Waals surface area contributed by atoms with Gasteiger partial charge in [0.25, 0.3) is 5.89 Å². The highest BCUT2D eigenvalue weighted by atomic mass is 19.4. The van der Waals surface area contributed by atoms with Crippen molar-refractivity contribution in [3.8, 4) is 23.5 Å². The molecule has 1 aliphatic rings. The lowest BCUT2D eigenvalue weighted by Crippen LogP contribution is -2.49. The van der Waals surface area contributed by atoms with E-state index in [0.29, 0.717) is 37.8 Å². The molecule has 0 saturated carbocycles. The second kappa shape index (κ2) is 9.88. The average molecular weight is 475 g/mol. The van der Waals surface area contributed by atoms with Gasteiger partial charge < -0.3 is 23.8 Å². The molecule has 1 amide bonds. The Kier molecular flexibility index (Phi) is 6.74. The third kappa shape index (κ3) is 5.68. The zero-order valence-corrected chi connectivity index (χ0v) is 17.8. The number of alkyl halides is 3. The van der Waals surface area contributed by atoms with E-state index in [1.165, 1.54) is 24.5 Å². The Morgan fingerprint density at radius 3 is 2.62 bits per heavy atom. The molecule has 12 heteroatoms. The van der Waals surface area contributed by atoms with Crippen molar-refractivity contribution < 1.29 is 31.5 Å². The number of nitrogens with one attached hydrogen (secondary N) is 1. The van der Waals surface area contributed by atoms with E-state index >= 15 is 0 Å². The van der Waals surface area contributed by atoms with Crippen LogP contribution in [-0.4, -0.2) is 54.9 Å². The van der Waals surface area contributed by atoms with E-state index < -0.39 is 6.36 Å². The van der Waals surface area contributed by atoms with Crippen LogP contribution in [0.3, 0.4) is 0 Å². The maximum atomic E-state index is 12.6. The third-order valence-electron chi connectivity index (χ3n) is 5.15. The van der Waals surface area contributed by atoms with Gasteiger partial charge in [0, 0.05) is 38.3 Å². The maximum absolute atomic E-state index is 12.6. The van der Waals surface area contributed by atoms with E-state index in [4.69, 9.17) is 8.83 Å². The summed E-state index contributed by atoms with van der Waals surface area (Å²) in [6.45, 7) is 2.01. The summed E-state index contributed by atoms with van der Waals surface area (Å²) in [4.78, 5) is 20.3. The summed E-state index contributed by atoms with van der Waals surface area (Å²) in [6.07, 6.45) is -3.33. The van der Waals surface area contributed by atoms with E-state index in [9.17, 15) is 23.2 Å². The Morgan fingerprint density at radius 1 is 1.18 bits per heavy atom. The summed E-state index contributed by atoms with van der Waals surface area (Å²) in [7, 11) is 0. The zero-order chi connectivity index (χ0) is 24.1. The van der Waals surface area contributed by atoms with Crippen LogP contribution >= 0.6 is 0 Å². The molecule has 4 rings (SSSR count). The number of anilines is 1. The zero-order valence-electron chi connectivity index (χ0n) is 17.8. The van der Waals surface area contributed by atoms with Crippen LogP contribution in [0.15, 0.2) is 51.5 Å². The van der Waals surface area contributed by atoms with Crippen molar-refractivity contribution in [1.82, 2.24) is 15.2 Å². The monoisotopic (exact) mass is 475 g/mol. The molecule has 1 N–H and O–H groups in total. The fourth-order valence-corrected chi connectivity index (χ4v) is 3.54. The van der Waals surface area contributed by atoms with E-state index in [0.717, 1.165) is 0 Å². The average Bonchev–Trinajstić information content (AvgIpc) is 3.48. The molecule has 1 saturated heterocycles. The molecule has 1 aromatic carbocycles. The summed E-state index contributed by atoms with van der Waals surface area (Å²) in [6, 6.07) is 11.1. The van der Waals surface area contributed by atoms with Crippen molar-refractivity contribution in [3.05, 3.63) is 53.9 Å². The minimum atomic E-state index is -4.81. The molecule has 2 aromatic heterocycles. The molecule has 0 radical (unpaired) electrons. The maximum Gasteiger partial charge on any atom is 0.573 e. The Labute approximate surface area is 192 Å². The summed E-state index contributed by atoms with van der Waals surface area (Å²) >= 11 is 0. The molecule has 0 bridgehead atoms. The molecular formula is C22H20F3N5O4. The van der Waals surface area contributed by atoms with Crippen molar-refractivity contribution in [3.63, 3.8) is 0 Å². The standard InChI is InChI=1S/C22H20F3N5O4/c23-22(24,25)34-17-5-2-1-4-15(17)13-27-19(31)14-29-7-9-30(10-8-29)21-16(12-26)28-20(33-21)18-6-3-11-32-18/h1-6,11H,7-10,13-14H2,(H,27,31). The van der Waals surface area contributed by atoms with E-state index in [2.05, 4.69) is 15.0 Å². The number of carbonyl (C=O) groups excluding carboxylic acids is 1. The molecule has 0 aliphatic carbocycles. The molecule has 0 spiro atoms. The number of nitrogens with zero attached hydrogens (tertiary/aromatic N) is 4. The molecule has 0 unspecified atom stereocenters. The SMILES string of the molecule is N#Cc1nc(-c2ccco2)oc1N1CCN(CC(=O)NCc2ccccc2OC(F)(F)F)CC1. The first-order chi connectivity index (χ1) is 16.3. The molecule has 0 atom stereocenters. The van der Waals surface area contributed by atoms with Crippen molar-refractivity contribution >= 4 is 11.8 Å². The lowest BCUT2D eigenvalue weighted by atomic mass is 10.2. The van der Waals surface area contributed by atoms with E-state index in [-0.39, 0.29) is 41.9 Å². The summed E-state index contributed by atoms with van der Waals surface area (Å²) in [5, 5.41) is 12.0. The second-order valence-corrected chi connectivity index (χ2v) is 7.46. The van der Waals surface area contributed by atoms with E-state index in [1.807, 2.05) is 15.9 Å². The van der Waals surface area contributed by atoms with Crippen LogP contribution < -0.4 is 15.0 Å². The lowest BCUT2D eigenvalue weighted by Gasteiger charge is -2.34. The van der Waals surface area contributed by atoms with Gasteiger partial charge in [-0.25, -0.2) is 0 Å². The summed E-state index contributed by atoms with van der Waals surface area (Å²) in [5.41, 5.74) is 0.372. The normalized spacial score (nSPS) is 14.6. The van der Waals surface area contributed by atoms with Gasteiger partial charge in [0.15, 0.2) is 5.76 Å². The Morgan fingerprint density at radius 2 is 1.94 bits per heavy atom. The van der Waals surface area contributed by atoms with Crippen LogP contribution in [0.25, 0.3) is 11.7 Å². The van der Waals surface area contributed by atoms with Crippen LogP contribution in [0.5, 0.6) is 5.75 Å². The van der Waals surface area contributed by atoms with Crippen molar-refractivity contribution in [1.29, 1.82) is 5.26 Å². The molecule has 1 fully saturated rings. The van der Waals surface area contributed by atoms with Gasteiger partial charge in [0.2, 0.25) is 17.5 Å². The first kappa shape index (κ1) is 23.2. The highest BCUT2D eigenvalue weighted by Crippen LogP contribution is 2.29. The number of carbonyl (C=O) groups is 1. The van der Waals surface area contributed by atoms with Crippen LogP contribution in [0, 0.1) is 11.3 Å². The van der Waals surface area contributed by atoms with Gasteiger partial charge in [-0.2, -0.15) is 10.2 Å². The fraction of sp³-hybridized carbons (Fsp3) is 0.318. The number of halogens is 3. The number of piperazine rings is 1. The molecule has 178 valence electrons. The van der Waals surface area contributed by atoms with Gasteiger partial charge in [-0.15, -0.1) is 13.2 Å². The highest BCUT2D eigenvalue weighted by molar-refractivity contribution is 5.78. The van der Waals surface area contributed by atoms with Crippen molar-refractivity contribution in [2.75, 3.05) is 37.6 Å². The fourth-order valence-electron chi connectivity index (χ4n) is 3.54. The van der Waals surface area contributed by atoms with Gasteiger partial charge in [0.05, 0.1) is 12.8 Å². The Balaban J connectivity index is 1.29. The minimum Gasteiger partial charge on any atom is -0.459 e. The number of nitriles is 1. The largest absolute Gasteiger partial charge is 0.573 e. The number of ether oxygens (including phenoxy) is 1. The molecule has 3 aromatic rings. The van der Waals surface area contributed by atoms with Crippen LogP contribution in [0.1, 0.15) is 11.3 Å². The summed E-state index contributed by atoms with van der Waals surface area (Å²) < 4.78 is 52.7. The van der Waals surface area contributed by atoms with E-state index in [1.54, 1.807) is 18.2 Å². The number of rotatable bonds is 7. The van der Waals surface area contributed by atoms with Crippen LogP contribution in [0.4, 0.5) is 19.1 Å². The van der Waals surface area contributed by atoms with Gasteiger partial charge in [0.1, 0.15) is 11.8 Å². The first-order valence-electron chi connectivity index (χ1n) is 10.3. The molecule has 9 nitrogen and oxygen atoms in total. The lowest BCUT2D eigenvalue weighted by molar-refractivity contribution is -0.274. The number of hydrogen-bond donors (Lipinski definition) is 1. The number of furan rings is 1. The number of oxazole rings is 1. The second-order valence-electron chi connectivity index (χ2n) is 7.46. The molecule has 34 heavy (non-hydrogen) atoms. The Bertz CT molecular complexity index is 1160. The Hall–Kier alpha value is -3.98. The molecule has 3 heterocycles. The van der Waals surface area contributed by atoms with Crippen molar-refractivity contribution in [2.45, 2.75) is 12.9 Å². The first-order valence-corrected chi connectivity index (χ1v) is 10.3. The number of para-hydroxylation sites is 1. The topological polar surface area (TPSA) is 108 Å². The van der Waals surface area contributed by atoms with Crippen LogP contribution in [0.2, 0.25) is 0 Å². The predicted molar refractivity (Wildman–Crippen MR) is 113 cm³/mol. The third-order valence-corrected chi connectivity index (χ3v) is 5.15. The number of aromatic nitrogens is 1.